The molecule has 0 saturated carbocycles. The Morgan fingerprint density at radius 3 is 2.62 bits per heavy atom. The Labute approximate surface area is 97.5 Å². The van der Waals surface area contributed by atoms with Crippen LogP contribution in [0, 0.1) is 11.8 Å². The number of hydrogen-bond donors (Lipinski definition) is 1. The molecule has 0 aromatic rings. The number of allylic oxidation sites excluding steroid dienone is 1. The lowest BCUT2D eigenvalue weighted by molar-refractivity contribution is -0.158. The molecule has 1 aliphatic rings. The highest BCUT2D eigenvalue weighted by atomic mass is 16.5. The van der Waals surface area contributed by atoms with E-state index in [-0.39, 0.29) is 11.9 Å². The van der Waals surface area contributed by atoms with Crippen LogP contribution in [0.1, 0.15) is 40.5 Å². The van der Waals surface area contributed by atoms with E-state index in [1.807, 2.05) is 26.8 Å². The first-order valence-electron chi connectivity index (χ1n) is 5.98. The van der Waals surface area contributed by atoms with E-state index >= 15 is 0 Å². The molecule has 2 atom stereocenters. The predicted octanol–water partition coefficient (Wildman–Crippen LogP) is 2.29. The third-order valence-electron chi connectivity index (χ3n) is 3.16. The first-order chi connectivity index (χ1) is 7.40. The second-order valence-electron chi connectivity index (χ2n) is 4.96. The fourth-order valence-corrected chi connectivity index (χ4v) is 2.50. The Morgan fingerprint density at radius 1 is 1.62 bits per heavy atom. The minimum absolute atomic E-state index is 0.0752. The van der Waals surface area contributed by atoms with Crippen LogP contribution in [-0.4, -0.2) is 23.3 Å². The largest absolute Gasteiger partial charge is 0.466 e. The molecule has 3 nitrogen and oxygen atoms in total. The molecular formula is C13H22O3. The molecule has 1 N–H and O–H groups in total. The van der Waals surface area contributed by atoms with Crippen LogP contribution in [0.4, 0.5) is 0 Å². The summed E-state index contributed by atoms with van der Waals surface area (Å²) in [5, 5.41) is 10.5. The summed E-state index contributed by atoms with van der Waals surface area (Å²) in [6.07, 6.45) is 3.31. The first-order valence-corrected chi connectivity index (χ1v) is 5.98. The Morgan fingerprint density at radius 2 is 2.25 bits per heavy atom. The van der Waals surface area contributed by atoms with Gasteiger partial charge in [0.15, 0.2) is 0 Å². The topological polar surface area (TPSA) is 46.5 Å². The van der Waals surface area contributed by atoms with Crippen LogP contribution >= 0.6 is 0 Å². The number of carbonyl (C=O) groups is 1. The second kappa shape index (κ2) is 5.00. The van der Waals surface area contributed by atoms with Crippen molar-refractivity contribution >= 4 is 5.97 Å². The summed E-state index contributed by atoms with van der Waals surface area (Å²) in [5.41, 5.74) is 0.141. The maximum absolute atomic E-state index is 11.9. The molecule has 0 bridgehead atoms. The van der Waals surface area contributed by atoms with Gasteiger partial charge in [-0.05, 0) is 32.6 Å². The SMILES string of the molecule is CCOC(=O)C(C(C)C)C1(O)C=C(C)CC1. The molecule has 1 aliphatic carbocycles. The highest BCUT2D eigenvalue weighted by molar-refractivity contribution is 5.75. The highest BCUT2D eigenvalue weighted by Gasteiger charge is 2.44. The monoisotopic (exact) mass is 226 g/mol. The Bertz CT molecular complexity index is 294. The van der Waals surface area contributed by atoms with Gasteiger partial charge in [0.1, 0.15) is 0 Å². The van der Waals surface area contributed by atoms with Crippen molar-refractivity contribution in [2.45, 2.75) is 46.1 Å². The quantitative estimate of drug-likeness (QED) is 0.591. The third-order valence-corrected chi connectivity index (χ3v) is 3.16. The van der Waals surface area contributed by atoms with Crippen molar-refractivity contribution in [3.63, 3.8) is 0 Å². The van der Waals surface area contributed by atoms with Crippen molar-refractivity contribution < 1.29 is 14.6 Å². The maximum atomic E-state index is 11.9. The molecule has 16 heavy (non-hydrogen) atoms. The summed E-state index contributed by atoms with van der Waals surface area (Å²) in [6, 6.07) is 0. The molecule has 0 saturated heterocycles. The number of carbonyl (C=O) groups excluding carboxylic acids is 1. The van der Waals surface area contributed by atoms with Gasteiger partial charge in [-0.1, -0.05) is 25.5 Å². The van der Waals surface area contributed by atoms with Crippen molar-refractivity contribution in [2.75, 3.05) is 6.61 Å². The van der Waals surface area contributed by atoms with E-state index in [2.05, 4.69) is 0 Å². The summed E-state index contributed by atoms with van der Waals surface area (Å²) >= 11 is 0. The molecule has 0 heterocycles. The normalized spacial score (nSPS) is 26.8. The molecule has 0 amide bonds. The molecule has 92 valence electrons. The van der Waals surface area contributed by atoms with Gasteiger partial charge in [-0.15, -0.1) is 0 Å². The molecule has 0 aliphatic heterocycles. The Balaban J connectivity index is 2.90. The van der Waals surface area contributed by atoms with Crippen molar-refractivity contribution in [1.82, 2.24) is 0 Å². The van der Waals surface area contributed by atoms with Crippen LogP contribution in [0.2, 0.25) is 0 Å². The van der Waals surface area contributed by atoms with Gasteiger partial charge >= 0.3 is 5.97 Å². The zero-order valence-corrected chi connectivity index (χ0v) is 10.6. The van der Waals surface area contributed by atoms with Gasteiger partial charge in [0, 0.05) is 0 Å². The lowest BCUT2D eigenvalue weighted by atomic mass is 9.79. The van der Waals surface area contributed by atoms with E-state index in [1.54, 1.807) is 6.92 Å². The summed E-state index contributed by atoms with van der Waals surface area (Å²) in [4.78, 5) is 11.9. The van der Waals surface area contributed by atoms with E-state index in [9.17, 15) is 9.90 Å². The van der Waals surface area contributed by atoms with E-state index in [0.29, 0.717) is 13.0 Å². The number of ether oxygens (including phenoxy) is 1. The first kappa shape index (κ1) is 13.2. The summed E-state index contributed by atoms with van der Waals surface area (Å²) in [6.45, 7) is 8.03. The minimum Gasteiger partial charge on any atom is -0.466 e. The molecule has 0 aromatic carbocycles. The van der Waals surface area contributed by atoms with E-state index in [4.69, 9.17) is 4.74 Å². The zero-order chi connectivity index (χ0) is 12.3. The third kappa shape index (κ3) is 2.64. The number of hydrogen-bond acceptors (Lipinski definition) is 3. The van der Waals surface area contributed by atoms with Gasteiger partial charge in [0.2, 0.25) is 0 Å². The van der Waals surface area contributed by atoms with Crippen LogP contribution in [0.15, 0.2) is 11.6 Å². The summed E-state index contributed by atoms with van der Waals surface area (Å²) < 4.78 is 5.05. The summed E-state index contributed by atoms with van der Waals surface area (Å²) in [7, 11) is 0. The van der Waals surface area contributed by atoms with Crippen molar-refractivity contribution in [1.29, 1.82) is 0 Å². The van der Waals surface area contributed by atoms with E-state index in [1.165, 1.54) is 0 Å². The van der Waals surface area contributed by atoms with Crippen LogP contribution < -0.4 is 0 Å². The van der Waals surface area contributed by atoms with Crippen LogP contribution in [0.25, 0.3) is 0 Å². The molecule has 0 radical (unpaired) electrons. The number of rotatable bonds is 4. The average Bonchev–Trinajstić information content (AvgIpc) is 2.46. The van der Waals surface area contributed by atoms with Gasteiger partial charge < -0.3 is 9.84 Å². The standard InChI is InChI=1S/C13H22O3/c1-5-16-12(14)11(9(2)3)13(15)7-6-10(4)8-13/h8-9,11,15H,5-7H2,1-4H3. The summed E-state index contributed by atoms with van der Waals surface area (Å²) in [5.74, 6) is -0.665. The molecule has 0 spiro atoms. The zero-order valence-electron chi connectivity index (χ0n) is 10.6. The lowest BCUT2D eigenvalue weighted by Crippen LogP contribution is -2.43. The minimum atomic E-state index is -1.01. The smallest absolute Gasteiger partial charge is 0.312 e. The Kier molecular flexibility index (Phi) is 4.14. The molecule has 3 heteroatoms. The average molecular weight is 226 g/mol. The Hall–Kier alpha value is -0.830. The van der Waals surface area contributed by atoms with Gasteiger partial charge in [0.25, 0.3) is 0 Å². The lowest BCUT2D eigenvalue weighted by Gasteiger charge is -2.32. The molecule has 0 fully saturated rings. The second-order valence-corrected chi connectivity index (χ2v) is 4.96. The van der Waals surface area contributed by atoms with Crippen LogP contribution in [-0.2, 0) is 9.53 Å². The van der Waals surface area contributed by atoms with Crippen molar-refractivity contribution in [3.05, 3.63) is 11.6 Å². The fraction of sp³-hybridized carbons (Fsp3) is 0.769. The fourth-order valence-electron chi connectivity index (χ4n) is 2.50. The number of aliphatic hydroxyl groups is 1. The van der Waals surface area contributed by atoms with Crippen molar-refractivity contribution in [3.8, 4) is 0 Å². The van der Waals surface area contributed by atoms with Gasteiger partial charge in [0.05, 0.1) is 18.1 Å². The van der Waals surface area contributed by atoms with Crippen molar-refractivity contribution in [2.24, 2.45) is 11.8 Å². The maximum Gasteiger partial charge on any atom is 0.312 e. The predicted molar refractivity (Wildman–Crippen MR) is 62.9 cm³/mol. The van der Waals surface area contributed by atoms with E-state index in [0.717, 1.165) is 12.0 Å². The highest BCUT2D eigenvalue weighted by Crippen LogP contribution is 2.38. The molecule has 1 rings (SSSR count). The molecule has 2 unspecified atom stereocenters. The van der Waals surface area contributed by atoms with Gasteiger partial charge in [-0.3, -0.25) is 4.79 Å². The molecule has 0 aromatic heterocycles. The van der Waals surface area contributed by atoms with Crippen LogP contribution in [0.5, 0.6) is 0 Å². The van der Waals surface area contributed by atoms with E-state index < -0.39 is 11.5 Å². The molecular weight excluding hydrogens is 204 g/mol. The van der Waals surface area contributed by atoms with Gasteiger partial charge in [-0.25, -0.2) is 0 Å². The van der Waals surface area contributed by atoms with Crippen LogP contribution in [0.3, 0.4) is 0 Å². The van der Waals surface area contributed by atoms with Gasteiger partial charge in [-0.2, -0.15) is 0 Å². The number of esters is 1.